The number of nitrogens with zero attached hydrogens (tertiary/aromatic N) is 1. The number of rotatable bonds is 4. The van der Waals surface area contributed by atoms with E-state index >= 15 is 0 Å². The van der Waals surface area contributed by atoms with Crippen molar-refractivity contribution in [2.75, 3.05) is 26.2 Å². The van der Waals surface area contributed by atoms with E-state index in [1.54, 1.807) is 0 Å². The largest absolute Gasteiger partial charge is 0.395 e. The van der Waals surface area contributed by atoms with Gasteiger partial charge in [-0.15, -0.1) is 0 Å². The third kappa shape index (κ3) is 3.53. The summed E-state index contributed by atoms with van der Waals surface area (Å²) in [5, 5.41) is 8.92. The topological polar surface area (TPSA) is 49.5 Å². The third-order valence-electron chi connectivity index (χ3n) is 3.56. The summed E-state index contributed by atoms with van der Waals surface area (Å²) < 4.78 is 0. The summed E-state index contributed by atoms with van der Waals surface area (Å²) >= 11 is 0. The van der Waals surface area contributed by atoms with Crippen molar-refractivity contribution < 1.29 is 5.11 Å². The minimum atomic E-state index is -0.0689. The van der Waals surface area contributed by atoms with E-state index in [2.05, 4.69) is 29.2 Å². The smallest absolute Gasteiger partial charge is 0.0583 e. The average molecular weight is 234 g/mol. The van der Waals surface area contributed by atoms with Crippen LogP contribution in [0.5, 0.6) is 0 Å². The van der Waals surface area contributed by atoms with Crippen LogP contribution in [-0.2, 0) is 12.8 Å². The number of aliphatic hydroxyl groups is 1. The first kappa shape index (κ1) is 12.6. The molecule has 0 radical (unpaired) electrons. The first-order chi connectivity index (χ1) is 8.29. The summed E-state index contributed by atoms with van der Waals surface area (Å²) in [5.41, 5.74) is 8.71. The number of nitrogens with two attached hydrogens (primary N) is 1. The summed E-state index contributed by atoms with van der Waals surface area (Å²) in [7, 11) is 0. The quantitative estimate of drug-likeness (QED) is 0.810. The van der Waals surface area contributed by atoms with Crippen LogP contribution < -0.4 is 5.73 Å². The highest BCUT2D eigenvalue weighted by Gasteiger charge is 2.13. The van der Waals surface area contributed by atoms with Gasteiger partial charge in [-0.25, -0.2) is 0 Å². The molecule has 2 rings (SSSR count). The molecular formula is C14H22N2O. The van der Waals surface area contributed by atoms with Gasteiger partial charge in [-0.2, -0.15) is 0 Å². The maximum Gasteiger partial charge on any atom is 0.0583 e. The summed E-state index contributed by atoms with van der Waals surface area (Å²) in [6.07, 6.45) is 3.14. The van der Waals surface area contributed by atoms with Gasteiger partial charge in [0.2, 0.25) is 0 Å². The zero-order valence-electron chi connectivity index (χ0n) is 10.3. The van der Waals surface area contributed by atoms with Gasteiger partial charge in [0.1, 0.15) is 0 Å². The molecular weight excluding hydrogens is 212 g/mol. The summed E-state index contributed by atoms with van der Waals surface area (Å²) in [6.45, 7) is 3.30. The highest BCUT2D eigenvalue weighted by Crippen LogP contribution is 2.15. The number of benzene rings is 1. The lowest BCUT2D eigenvalue weighted by molar-refractivity contribution is 0.228. The fourth-order valence-electron chi connectivity index (χ4n) is 2.38. The number of hydrogen-bond acceptors (Lipinski definition) is 3. The molecule has 0 aromatic heterocycles. The van der Waals surface area contributed by atoms with Gasteiger partial charge in [0.05, 0.1) is 6.61 Å². The third-order valence-corrected chi connectivity index (χ3v) is 3.56. The molecule has 0 spiro atoms. The van der Waals surface area contributed by atoms with Crippen molar-refractivity contribution in [1.82, 2.24) is 4.90 Å². The molecule has 0 fully saturated rings. The van der Waals surface area contributed by atoms with Gasteiger partial charge >= 0.3 is 0 Å². The monoisotopic (exact) mass is 234 g/mol. The van der Waals surface area contributed by atoms with Crippen LogP contribution in [0.2, 0.25) is 0 Å². The molecule has 0 bridgehead atoms. The Morgan fingerprint density at radius 3 is 2.29 bits per heavy atom. The van der Waals surface area contributed by atoms with Crippen LogP contribution >= 0.6 is 0 Å². The SMILES string of the molecule is NC(CO)CCN1CCc2ccccc2CC1. The first-order valence-electron chi connectivity index (χ1n) is 6.45. The van der Waals surface area contributed by atoms with E-state index in [0.29, 0.717) is 0 Å². The van der Waals surface area contributed by atoms with Crippen LogP contribution in [0.3, 0.4) is 0 Å². The van der Waals surface area contributed by atoms with Crippen LogP contribution in [0.1, 0.15) is 17.5 Å². The normalized spacial score (nSPS) is 18.5. The van der Waals surface area contributed by atoms with Gasteiger partial charge in [0.15, 0.2) is 0 Å². The molecule has 1 unspecified atom stereocenters. The maximum absolute atomic E-state index is 8.92. The molecule has 0 saturated carbocycles. The highest BCUT2D eigenvalue weighted by atomic mass is 16.3. The molecule has 3 heteroatoms. The predicted octanol–water partition coefficient (Wildman–Crippen LogP) is 0.797. The molecule has 17 heavy (non-hydrogen) atoms. The molecule has 1 aliphatic rings. The lowest BCUT2D eigenvalue weighted by Gasteiger charge is -2.21. The Labute approximate surface area is 103 Å². The van der Waals surface area contributed by atoms with Crippen molar-refractivity contribution in [3.63, 3.8) is 0 Å². The van der Waals surface area contributed by atoms with Crippen molar-refractivity contribution in [1.29, 1.82) is 0 Å². The van der Waals surface area contributed by atoms with Crippen LogP contribution in [0, 0.1) is 0 Å². The Morgan fingerprint density at radius 1 is 1.18 bits per heavy atom. The number of aliphatic hydroxyl groups excluding tert-OH is 1. The van der Waals surface area contributed by atoms with Crippen LogP contribution in [0.4, 0.5) is 0 Å². The molecule has 1 atom stereocenters. The van der Waals surface area contributed by atoms with E-state index in [4.69, 9.17) is 10.8 Å². The summed E-state index contributed by atoms with van der Waals surface area (Å²) in [5.74, 6) is 0. The van der Waals surface area contributed by atoms with Gasteiger partial charge in [0.25, 0.3) is 0 Å². The summed E-state index contributed by atoms with van der Waals surface area (Å²) in [6, 6.07) is 8.64. The molecule has 0 amide bonds. The molecule has 3 nitrogen and oxygen atoms in total. The van der Waals surface area contributed by atoms with E-state index in [9.17, 15) is 0 Å². The van der Waals surface area contributed by atoms with Gasteiger partial charge in [-0.1, -0.05) is 24.3 Å². The summed E-state index contributed by atoms with van der Waals surface area (Å²) in [4.78, 5) is 2.45. The number of fused-ring (bicyclic) bond motifs is 1. The molecule has 3 N–H and O–H groups in total. The van der Waals surface area contributed by atoms with Crippen molar-refractivity contribution in [3.8, 4) is 0 Å². The standard InChI is InChI=1S/C14H22N2O/c15-14(11-17)7-10-16-8-5-12-3-1-2-4-13(12)6-9-16/h1-4,14,17H,5-11,15H2. The molecule has 1 aliphatic heterocycles. The Balaban J connectivity index is 1.86. The van der Waals surface area contributed by atoms with E-state index in [1.807, 2.05) is 0 Å². The predicted molar refractivity (Wildman–Crippen MR) is 70.0 cm³/mol. The van der Waals surface area contributed by atoms with Crippen molar-refractivity contribution in [2.24, 2.45) is 5.73 Å². The minimum absolute atomic E-state index is 0.0689. The van der Waals surface area contributed by atoms with Gasteiger partial charge in [-0.3, -0.25) is 0 Å². The average Bonchev–Trinajstić information content (AvgIpc) is 2.58. The van der Waals surface area contributed by atoms with Crippen LogP contribution in [0.25, 0.3) is 0 Å². The highest BCUT2D eigenvalue weighted by molar-refractivity contribution is 5.28. The van der Waals surface area contributed by atoms with Gasteiger partial charge in [0, 0.05) is 19.1 Å². The fraction of sp³-hybridized carbons (Fsp3) is 0.571. The van der Waals surface area contributed by atoms with E-state index < -0.39 is 0 Å². The van der Waals surface area contributed by atoms with Crippen LogP contribution in [0.15, 0.2) is 24.3 Å². The second-order valence-electron chi connectivity index (χ2n) is 4.84. The molecule has 0 aliphatic carbocycles. The van der Waals surface area contributed by atoms with E-state index in [0.717, 1.165) is 38.9 Å². The van der Waals surface area contributed by atoms with Gasteiger partial charge < -0.3 is 15.7 Å². The van der Waals surface area contributed by atoms with Crippen molar-refractivity contribution >= 4 is 0 Å². The minimum Gasteiger partial charge on any atom is -0.395 e. The molecule has 1 aromatic carbocycles. The zero-order chi connectivity index (χ0) is 12.1. The van der Waals surface area contributed by atoms with Crippen LogP contribution in [-0.4, -0.2) is 42.3 Å². The van der Waals surface area contributed by atoms with E-state index in [-0.39, 0.29) is 12.6 Å². The molecule has 0 saturated heterocycles. The van der Waals surface area contributed by atoms with Crippen molar-refractivity contribution in [2.45, 2.75) is 25.3 Å². The lowest BCUT2D eigenvalue weighted by atomic mass is 10.0. The molecule has 1 aromatic rings. The second kappa shape index (κ2) is 6.15. The first-order valence-corrected chi connectivity index (χ1v) is 6.45. The Morgan fingerprint density at radius 2 is 1.76 bits per heavy atom. The molecule has 94 valence electrons. The molecule has 1 heterocycles. The van der Waals surface area contributed by atoms with Gasteiger partial charge in [-0.05, 0) is 36.9 Å². The van der Waals surface area contributed by atoms with Crippen molar-refractivity contribution in [3.05, 3.63) is 35.4 Å². The Hall–Kier alpha value is -0.900. The number of hydrogen-bond donors (Lipinski definition) is 2. The zero-order valence-corrected chi connectivity index (χ0v) is 10.3. The fourth-order valence-corrected chi connectivity index (χ4v) is 2.38. The second-order valence-corrected chi connectivity index (χ2v) is 4.84. The lowest BCUT2D eigenvalue weighted by Crippen LogP contribution is -2.33. The Bertz CT molecular complexity index is 327. The Kier molecular flexibility index (Phi) is 4.54. The van der Waals surface area contributed by atoms with E-state index in [1.165, 1.54) is 11.1 Å². The maximum atomic E-state index is 8.92.